The van der Waals surface area contributed by atoms with Crippen LogP contribution in [0.15, 0.2) is 22.2 Å². The predicted octanol–water partition coefficient (Wildman–Crippen LogP) is 0.678. The fourth-order valence-electron chi connectivity index (χ4n) is 1.67. The summed E-state index contributed by atoms with van der Waals surface area (Å²) in [5.41, 5.74) is -1.06. The van der Waals surface area contributed by atoms with Gasteiger partial charge in [0.1, 0.15) is 12.1 Å². The Morgan fingerprint density at radius 1 is 0.778 bits per heavy atom. The average molecular weight is 228 g/mol. The highest BCUT2D eigenvalue weighted by Crippen LogP contribution is 2.36. The molecule has 18 heavy (non-hydrogen) atoms. The Balaban J connectivity index is 3.80. The van der Waals surface area contributed by atoms with Gasteiger partial charge in [0.05, 0.1) is 40.7 Å². The van der Waals surface area contributed by atoms with Crippen molar-refractivity contribution in [3.8, 4) is 36.3 Å². The molecule has 0 N–H and O–H groups in total. The molecule has 6 nitrogen and oxygen atoms in total. The lowest BCUT2D eigenvalue weighted by molar-refractivity contribution is 1.18. The molecule has 1 unspecified atom stereocenters. The summed E-state index contributed by atoms with van der Waals surface area (Å²) in [6.07, 6.45) is 0. The van der Waals surface area contributed by atoms with Gasteiger partial charge in [-0.1, -0.05) is 0 Å². The lowest BCUT2D eigenvalue weighted by Gasteiger charge is -2.18. The second kappa shape index (κ2) is 5.01. The van der Waals surface area contributed by atoms with Crippen LogP contribution in [0.1, 0.15) is 0 Å². The molecule has 1 atom stereocenters. The van der Waals surface area contributed by atoms with Gasteiger partial charge in [-0.3, -0.25) is 0 Å². The molecule has 0 aliphatic carbocycles. The molecule has 0 aromatic heterocycles. The zero-order valence-corrected chi connectivity index (χ0v) is 8.84. The highest BCUT2D eigenvalue weighted by Gasteiger charge is 2.42. The van der Waals surface area contributed by atoms with Crippen LogP contribution in [0.4, 0.5) is 0 Å². The van der Waals surface area contributed by atoms with Crippen molar-refractivity contribution >= 4 is 6.71 Å². The van der Waals surface area contributed by atoms with Crippen molar-refractivity contribution < 1.29 is 0 Å². The standard InChI is InChI=1S/C11HBN6/c13-1-7-8(2-14)10(4-16)12(6-18)11(5-17)9(7)3-15/h10H. The van der Waals surface area contributed by atoms with E-state index in [-0.39, 0.29) is 22.2 Å². The maximum atomic E-state index is 8.97. The molecule has 0 aromatic rings. The summed E-state index contributed by atoms with van der Waals surface area (Å²) in [5, 5.41) is 53.7. The molecule has 0 aromatic carbocycles. The molecule has 7 heteroatoms. The van der Waals surface area contributed by atoms with Crippen LogP contribution in [-0.2, 0) is 0 Å². The van der Waals surface area contributed by atoms with Gasteiger partial charge in [0, 0.05) is 11.4 Å². The molecule has 0 saturated carbocycles. The third-order valence-corrected chi connectivity index (χ3v) is 2.49. The molecule has 1 heterocycles. The minimum Gasteiger partial charge on any atom is -0.212 e. The molecular formula is C11HBN6. The summed E-state index contributed by atoms with van der Waals surface area (Å²) >= 11 is 0. The van der Waals surface area contributed by atoms with Crippen LogP contribution in [0, 0.1) is 67.9 Å². The van der Waals surface area contributed by atoms with Gasteiger partial charge < -0.3 is 0 Å². The summed E-state index contributed by atoms with van der Waals surface area (Å²) in [6.45, 7) is -1.19. The molecule has 1 aliphatic rings. The zero-order chi connectivity index (χ0) is 13.7. The van der Waals surface area contributed by atoms with Gasteiger partial charge in [0.2, 0.25) is 0 Å². The highest BCUT2D eigenvalue weighted by atomic mass is 14.4. The summed E-state index contributed by atoms with van der Waals surface area (Å²) in [5.74, 6) is 0.537. The smallest absolute Gasteiger partial charge is 0.212 e. The van der Waals surface area contributed by atoms with Gasteiger partial charge in [-0.25, -0.2) is 5.26 Å². The van der Waals surface area contributed by atoms with Crippen LogP contribution in [0.25, 0.3) is 0 Å². The van der Waals surface area contributed by atoms with Crippen molar-refractivity contribution in [3.63, 3.8) is 0 Å². The van der Waals surface area contributed by atoms with E-state index in [0.717, 1.165) is 0 Å². The van der Waals surface area contributed by atoms with E-state index in [9.17, 15) is 0 Å². The van der Waals surface area contributed by atoms with Crippen molar-refractivity contribution in [1.82, 2.24) is 0 Å². The molecule has 0 saturated heterocycles. The van der Waals surface area contributed by atoms with Crippen LogP contribution >= 0.6 is 0 Å². The van der Waals surface area contributed by atoms with Crippen molar-refractivity contribution in [1.29, 1.82) is 31.6 Å². The fourth-order valence-corrected chi connectivity index (χ4v) is 1.67. The van der Waals surface area contributed by atoms with E-state index in [1.165, 1.54) is 0 Å². The van der Waals surface area contributed by atoms with E-state index in [1.54, 1.807) is 36.3 Å². The number of nitrogens with zero attached hydrogens (tertiary/aromatic N) is 6. The topological polar surface area (TPSA) is 143 Å². The Morgan fingerprint density at radius 2 is 1.39 bits per heavy atom. The minimum atomic E-state index is -1.19. The summed E-state index contributed by atoms with van der Waals surface area (Å²) in [6, 6.07) is 8.36. The van der Waals surface area contributed by atoms with Crippen molar-refractivity contribution in [2.24, 2.45) is 0 Å². The van der Waals surface area contributed by atoms with Crippen LogP contribution < -0.4 is 0 Å². The normalized spacial score (nSPS) is 17.7. The number of hydrogen-bond acceptors (Lipinski definition) is 6. The first-order valence-corrected chi connectivity index (χ1v) is 4.58. The lowest BCUT2D eigenvalue weighted by Crippen LogP contribution is -2.28. The maximum absolute atomic E-state index is 8.97. The van der Waals surface area contributed by atoms with Crippen molar-refractivity contribution in [2.75, 3.05) is 0 Å². The second-order valence-corrected chi connectivity index (χ2v) is 3.24. The highest BCUT2D eigenvalue weighted by molar-refractivity contribution is 6.78. The summed E-state index contributed by atoms with van der Waals surface area (Å²) < 4.78 is 0. The third kappa shape index (κ3) is 1.56. The van der Waals surface area contributed by atoms with E-state index in [0.29, 0.717) is 0 Å². The van der Waals surface area contributed by atoms with Crippen LogP contribution in [0.3, 0.4) is 0 Å². The number of hydrogen-bond donors (Lipinski definition) is 0. The molecule has 0 spiro atoms. The molecule has 0 bridgehead atoms. The summed E-state index contributed by atoms with van der Waals surface area (Å²) in [4.78, 5) is 0. The quantitative estimate of drug-likeness (QED) is 0.557. The van der Waals surface area contributed by atoms with Crippen LogP contribution in [0.2, 0.25) is 5.82 Å². The predicted molar refractivity (Wildman–Crippen MR) is 57.2 cm³/mol. The van der Waals surface area contributed by atoms with E-state index in [4.69, 9.17) is 31.6 Å². The van der Waals surface area contributed by atoms with Crippen molar-refractivity contribution in [3.05, 3.63) is 22.2 Å². The largest absolute Gasteiger partial charge is 0.335 e. The Hall–Kier alpha value is -3.52. The third-order valence-electron chi connectivity index (χ3n) is 2.49. The number of rotatable bonds is 0. The van der Waals surface area contributed by atoms with E-state index >= 15 is 0 Å². The molecule has 0 amide bonds. The molecule has 1 aliphatic heterocycles. The van der Waals surface area contributed by atoms with Gasteiger partial charge in [-0.05, 0) is 0 Å². The molecule has 0 fully saturated rings. The van der Waals surface area contributed by atoms with Gasteiger partial charge in [0.25, 0.3) is 0 Å². The Morgan fingerprint density at radius 3 is 1.72 bits per heavy atom. The zero-order valence-electron chi connectivity index (χ0n) is 8.84. The van der Waals surface area contributed by atoms with E-state index in [1.807, 2.05) is 0 Å². The van der Waals surface area contributed by atoms with Crippen molar-refractivity contribution in [2.45, 2.75) is 5.82 Å². The first-order valence-electron chi connectivity index (χ1n) is 4.58. The Labute approximate surface area is 103 Å². The monoisotopic (exact) mass is 228 g/mol. The first kappa shape index (κ1) is 12.6. The number of nitriles is 6. The maximum Gasteiger partial charge on any atom is 0.335 e. The van der Waals surface area contributed by atoms with Gasteiger partial charge >= 0.3 is 6.71 Å². The van der Waals surface area contributed by atoms with Crippen LogP contribution in [0.5, 0.6) is 0 Å². The van der Waals surface area contributed by atoms with Crippen LogP contribution in [-0.4, -0.2) is 6.71 Å². The summed E-state index contributed by atoms with van der Waals surface area (Å²) in [7, 11) is 0. The second-order valence-electron chi connectivity index (χ2n) is 3.24. The molecule has 1 rings (SSSR count). The van der Waals surface area contributed by atoms with E-state index < -0.39 is 12.5 Å². The van der Waals surface area contributed by atoms with Gasteiger partial charge in [0.15, 0.2) is 0 Å². The SMILES string of the molecule is N#CB1C(C#N)=C(C#N)C(C#N)=C(C#N)C1C#N. The van der Waals surface area contributed by atoms with E-state index in [2.05, 4.69) is 0 Å². The molecule has 0 radical (unpaired) electrons. The Kier molecular flexibility index (Phi) is 3.49. The number of allylic oxidation sites excluding steroid dienone is 4. The average Bonchev–Trinajstić information content (AvgIpc) is 2.43. The van der Waals surface area contributed by atoms with Gasteiger partial charge in [-0.15, -0.1) is 0 Å². The first-order chi connectivity index (χ1) is 8.69. The lowest BCUT2D eigenvalue weighted by atomic mass is 9.34. The minimum absolute atomic E-state index is 0.234. The van der Waals surface area contributed by atoms with Gasteiger partial charge in [-0.2, -0.15) is 26.3 Å². The fraction of sp³-hybridized carbons (Fsp3) is 0.0909. The molecule has 78 valence electrons. The molecular weight excluding hydrogens is 227 g/mol. The Bertz CT molecular complexity index is 652.